The van der Waals surface area contributed by atoms with E-state index in [0.717, 1.165) is 5.56 Å². The van der Waals surface area contributed by atoms with Gasteiger partial charge in [0.2, 0.25) is 11.5 Å². The molecule has 0 amide bonds. The Balaban J connectivity index is 1.87. The number of aliphatic imine (C=N–C) groups is 1. The standard InChI is InChI=1S/C20H19NO6S/c1-25-15-8-13(9-16(26-2)18(15)27-3)17(22)14-10-28-19(21-14)11-4-6-12(7-5-11)20(23)24/h4-9,19H,10H2,1-3H3,(H,23,24). The number of carboxylic acid groups (broad SMARTS) is 1. The highest BCUT2D eigenvalue weighted by Crippen LogP contribution is 2.40. The molecule has 1 aliphatic heterocycles. The van der Waals surface area contributed by atoms with Crippen LogP contribution in [-0.4, -0.2) is 49.7 Å². The molecule has 7 nitrogen and oxygen atoms in total. The van der Waals surface area contributed by atoms with E-state index in [1.54, 1.807) is 24.3 Å². The van der Waals surface area contributed by atoms with Gasteiger partial charge in [-0.2, -0.15) is 0 Å². The van der Waals surface area contributed by atoms with Crippen LogP contribution in [0, 0.1) is 0 Å². The lowest BCUT2D eigenvalue weighted by Gasteiger charge is -2.13. The molecule has 0 fully saturated rings. The van der Waals surface area contributed by atoms with Gasteiger partial charge >= 0.3 is 5.97 Å². The topological polar surface area (TPSA) is 94.4 Å². The van der Waals surface area contributed by atoms with Gasteiger partial charge in [-0.3, -0.25) is 9.79 Å². The third-order valence-corrected chi connectivity index (χ3v) is 5.42. The normalized spacial score (nSPS) is 15.7. The van der Waals surface area contributed by atoms with Crippen LogP contribution in [0.25, 0.3) is 0 Å². The number of rotatable bonds is 7. The average molecular weight is 401 g/mol. The van der Waals surface area contributed by atoms with Gasteiger partial charge in [0, 0.05) is 11.3 Å². The Morgan fingerprint density at radius 1 is 1.00 bits per heavy atom. The molecule has 0 aliphatic carbocycles. The summed E-state index contributed by atoms with van der Waals surface area (Å²) in [7, 11) is 4.48. The Kier molecular flexibility index (Phi) is 5.89. The van der Waals surface area contributed by atoms with Gasteiger partial charge in [0.15, 0.2) is 11.5 Å². The van der Waals surface area contributed by atoms with Crippen molar-refractivity contribution in [1.29, 1.82) is 0 Å². The summed E-state index contributed by atoms with van der Waals surface area (Å²) in [4.78, 5) is 28.4. The molecule has 1 unspecified atom stereocenters. The summed E-state index contributed by atoms with van der Waals surface area (Å²) >= 11 is 1.51. The van der Waals surface area contributed by atoms with E-state index in [9.17, 15) is 9.59 Å². The lowest BCUT2D eigenvalue weighted by molar-refractivity contribution is 0.0696. The number of methoxy groups -OCH3 is 3. The number of hydrogen-bond acceptors (Lipinski definition) is 7. The Morgan fingerprint density at radius 3 is 2.11 bits per heavy atom. The molecule has 0 saturated carbocycles. The van der Waals surface area contributed by atoms with Gasteiger partial charge in [-0.15, -0.1) is 11.8 Å². The maximum atomic E-state index is 12.9. The molecule has 1 heterocycles. The highest BCUT2D eigenvalue weighted by molar-refractivity contribution is 8.00. The zero-order valence-electron chi connectivity index (χ0n) is 15.6. The number of ketones is 1. The highest BCUT2D eigenvalue weighted by Gasteiger charge is 2.27. The van der Waals surface area contributed by atoms with Gasteiger partial charge < -0.3 is 19.3 Å². The van der Waals surface area contributed by atoms with Crippen molar-refractivity contribution in [2.75, 3.05) is 27.1 Å². The minimum Gasteiger partial charge on any atom is -0.493 e. The van der Waals surface area contributed by atoms with Crippen LogP contribution in [0.15, 0.2) is 41.4 Å². The average Bonchev–Trinajstić information content (AvgIpc) is 3.22. The zero-order valence-corrected chi connectivity index (χ0v) is 16.4. The predicted molar refractivity (Wildman–Crippen MR) is 106 cm³/mol. The van der Waals surface area contributed by atoms with E-state index in [1.165, 1.54) is 45.2 Å². The third kappa shape index (κ3) is 3.82. The summed E-state index contributed by atoms with van der Waals surface area (Å²) < 4.78 is 15.9. The maximum absolute atomic E-state index is 12.9. The predicted octanol–water partition coefficient (Wildman–Crippen LogP) is 3.48. The Morgan fingerprint density at radius 2 is 1.61 bits per heavy atom. The van der Waals surface area contributed by atoms with Gasteiger partial charge in [-0.1, -0.05) is 12.1 Å². The number of Topliss-reactive ketones (excluding diaryl/α,β-unsaturated/α-hetero) is 1. The van der Waals surface area contributed by atoms with E-state index in [4.69, 9.17) is 19.3 Å². The number of aromatic carboxylic acids is 1. The molecule has 28 heavy (non-hydrogen) atoms. The van der Waals surface area contributed by atoms with Crippen LogP contribution < -0.4 is 14.2 Å². The summed E-state index contributed by atoms with van der Waals surface area (Å²) in [6.45, 7) is 0. The number of hydrogen-bond donors (Lipinski definition) is 1. The molecular weight excluding hydrogens is 382 g/mol. The van der Waals surface area contributed by atoms with E-state index >= 15 is 0 Å². The molecule has 0 radical (unpaired) electrons. The molecule has 1 atom stereocenters. The van der Waals surface area contributed by atoms with E-state index in [1.807, 2.05) is 0 Å². The van der Waals surface area contributed by atoms with Crippen molar-refractivity contribution >= 4 is 29.2 Å². The Labute approximate surface area is 166 Å². The van der Waals surface area contributed by atoms with Gasteiger partial charge in [-0.05, 0) is 29.8 Å². The second-order valence-corrected chi connectivity index (χ2v) is 6.98. The molecular formula is C20H19NO6S. The summed E-state index contributed by atoms with van der Waals surface area (Å²) in [6.07, 6.45) is 0. The number of benzene rings is 2. The molecule has 8 heteroatoms. The molecule has 0 saturated heterocycles. The first kappa shape index (κ1) is 19.8. The smallest absolute Gasteiger partial charge is 0.335 e. The summed E-state index contributed by atoms with van der Waals surface area (Å²) in [6, 6.07) is 9.71. The van der Waals surface area contributed by atoms with E-state index in [0.29, 0.717) is 34.3 Å². The van der Waals surface area contributed by atoms with E-state index < -0.39 is 5.97 Å². The fourth-order valence-corrected chi connectivity index (χ4v) is 3.91. The number of carboxylic acids is 1. The molecule has 3 rings (SSSR count). The van der Waals surface area contributed by atoms with Crippen molar-refractivity contribution in [3.05, 3.63) is 53.1 Å². The van der Waals surface area contributed by atoms with Crippen LogP contribution in [0.2, 0.25) is 0 Å². The molecule has 0 bridgehead atoms. The second-order valence-electron chi connectivity index (χ2n) is 5.91. The molecule has 2 aromatic rings. The van der Waals surface area contributed by atoms with Crippen LogP contribution in [0.3, 0.4) is 0 Å². The van der Waals surface area contributed by atoms with Crippen molar-refractivity contribution in [1.82, 2.24) is 0 Å². The van der Waals surface area contributed by atoms with Crippen molar-refractivity contribution < 1.29 is 28.9 Å². The molecule has 0 spiro atoms. The first-order chi connectivity index (χ1) is 13.5. The second kappa shape index (κ2) is 8.35. The molecule has 2 aromatic carbocycles. The van der Waals surface area contributed by atoms with Crippen molar-refractivity contribution in [2.45, 2.75) is 5.37 Å². The largest absolute Gasteiger partial charge is 0.493 e. The van der Waals surface area contributed by atoms with Crippen LogP contribution in [0.4, 0.5) is 0 Å². The number of nitrogens with zero attached hydrogens (tertiary/aromatic N) is 1. The molecule has 1 N–H and O–H groups in total. The van der Waals surface area contributed by atoms with Crippen LogP contribution in [0.5, 0.6) is 17.2 Å². The number of ether oxygens (including phenoxy) is 3. The Hall–Kier alpha value is -3.00. The zero-order chi connectivity index (χ0) is 20.3. The minimum atomic E-state index is -0.979. The maximum Gasteiger partial charge on any atom is 0.335 e. The van der Waals surface area contributed by atoms with Crippen LogP contribution >= 0.6 is 11.8 Å². The van der Waals surface area contributed by atoms with Crippen LogP contribution in [0.1, 0.15) is 31.7 Å². The van der Waals surface area contributed by atoms with E-state index in [-0.39, 0.29) is 16.7 Å². The fourth-order valence-electron chi connectivity index (χ4n) is 2.84. The monoisotopic (exact) mass is 401 g/mol. The van der Waals surface area contributed by atoms with Gasteiger partial charge in [-0.25, -0.2) is 4.79 Å². The first-order valence-corrected chi connectivity index (χ1v) is 9.39. The highest BCUT2D eigenvalue weighted by atomic mass is 32.2. The number of carbonyl (C=O) groups excluding carboxylic acids is 1. The van der Waals surface area contributed by atoms with Gasteiger partial charge in [0.1, 0.15) is 5.37 Å². The van der Waals surface area contributed by atoms with Gasteiger partial charge in [0.25, 0.3) is 0 Å². The minimum absolute atomic E-state index is 0.212. The van der Waals surface area contributed by atoms with Crippen LogP contribution in [-0.2, 0) is 0 Å². The summed E-state index contributed by atoms with van der Waals surface area (Å²) in [5.74, 6) is 0.486. The molecule has 1 aliphatic rings. The lowest BCUT2D eigenvalue weighted by atomic mass is 10.1. The number of thioether (sulfide) groups is 1. The van der Waals surface area contributed by atoms with Crippen molar-refractivity contribution in [2.24, 2.45) is 4.99 Å². The first-order valence-electron chi connectivity index (χ1n) is 8.34. The molecule has 146 valence electrons. The van der Waals surface area contributed by atoms with Crippen molar-refractivity contribution in [3.8, 4) is 17.2 Å². The summed E-state index contributed by atoms with van der Waals surface area (Å²) in [5.41, 5.74) is 1.90. The summed E-state index contributed by atoms with van der Waals surface area (Å²) in [5, 5.41) is 8.75. The van der Waals surface area contributed by atoms with Gasteiger partial charge in [0.05, 0.1) is 32.6 Å². The quantitative estimate of drug-likeness (QED) is 0.710. The SMILES string of the molecule is COc1cc(C(=O)C2=NC(c3ccc(C(=O)O)cc3)SC2)cc(OC)c1OC. The number of carbonyl (C=O) groups is 2. The third-order valence-electron chi connectivity index (χ3n) is 4.28. The fraction of sp³-hybridized carbons (Fsp3) is 0.250. The molecule has 0 aromatic heterocycles. The Bertz CT molecular complexity index is 913. The lowest BCUT2D eigenvalue weighted by Crippen LogP contribution is -2.15. The van der Waals surface area contributed by atoms with Crippen molar-refractivity contribution in [3.63, 3.8) is 0 Å². The van der Waals surface area contributed by atoms with E-state index in [2.05, 4.69) is 4.99 Å².